The summed E-state index contributed by atoms with van der Waals surface area (Å²) in [6.07, 6.45) is 1.53. The van der Waals surface area contributed by atoms with Gasteiger partial charge in [0.2, 0.25) is 5.91 Å². The summed E-state index contributed by atoms with van der Waals surface area (Å²) >= 11 is 6.85. The Balaban J connectivity index is 2.29. The van der Waals surface area contributed by atoms with E-state index in [2.05, 4.69) is 10.4 Å². The summed E-state index contributed by atoms with van der Waals surface area (Å²) in [6.45, 7) is 3.21. The highest BCUT2D eigenvalue weighted by molar-refractivity contribution is 7.18. The number of hydrogen-bond donors (Lipinski definition) is 1. The number of nitrogens with one attached hydrogen (secondary N) is 1. The highest BCUT2D eigenvalue weighted by atomic mass is 35.5. The molecule has 0 saturated carbocycles. The summed E-state index contributed by atoms with van der Waals surface area (Å²) in [5, 5.41) is 7.36. The predicted octanol–water partition coefficient (Wildman–Crippen LogP) is 2.43. The molecular formula is C15H16ClN3O5S. The average molecular weight is 386 g/mol. The fraction of sp³-hybridized carbons (Fsp3) is 0.333. The van der Waals surface area contributed by atoms with Crippen LogP contribution in [0.3, 0.4) is 0 Å². The van der Waals surface area contributed by atoms with E-state index in [1.54, 1.807) is 13.8 Å². The summed E-state index contributed by atoms with van der Waals surface area (Å²) in [5.74, 6) is -1.68. The number of anilines is 1. The van der Waals surface area contributed by atoms with Gasteiger partial charge in [-0.2, -0.15) is 5.10 Å². The molecule has 0 saturated heterocycles. The first kappa shape index (κ1) is 18.9. The number of carbonyl (C=O) groups is 3. The maximum atomic E-state index is 12.2. The van der Waals surface area contributed by atoms with Crippen molar-refractivity contribution in [1.29, 1.82) is 0 Å². The van der Waals surface area contributed by atoms with Crippen LogP contribution in [0.4, 0.5) is 5.00 Å². The van der Waals surface area contributed by atoms with Crippen molar-refractivity contribution in [3.63, 3.8) is 0 Å². The number of nitrogens with zero attached hydrogens (tertiary/aromatic N) is 2. The summed E-state index contributed by atoms with van der Waals surface area (Å²) in [4.78, 5) is 36.3. The SMILES string of the molecule is COC(=O)c1sc(NC(=O)Cn2cc(Cl)c(C)n2)c(C(=O)OC)c1C. The predicted molar refractivity (Wildman–Crippen MR) is 92.3 cm³/mol. The first-order valence-corrected chi connectivity index (χ1v) is 8.27. The Morgan fingerprint density at radius 2 is 1.88 bits per heavy atom. The van der Waals surface area contributed by atoms with Gasteiger partial charge in [-0.3, -0.25) is 9.48 Å². The number of methoxy groups -OCH3 is 2. The molecule has 0 aromatic carbocycles. The molecule has 2 aromatic heterocycles. The van der Waals surface area contributed by atoms with Crippen molar-refractivity contribution in [2.24, 2.45) is 0 Å². The number of hydrogen-bond acceptors (Lipinski definition) is 7. The number of aromatic nitrogens is 2. The Labute approximate surface area is 152 Å². The number of esters is 2. The molecular weight excluding hydrogens is 370 g/mol. The zero-order valence-electron chi connectivity index (χ0n) is 14.0. The first-order valence-electron chi connectivity index (χ1n) is 7.07. The minimum atomic E-state index is -0.655. The number of ether oxygens (including phenoxy) is 2. The van der Waals surface area contributed by atoms with E-state index >= 15 is 0 Å². The number of thiophene rings is 1. The van der Waals surface area contributed by atoms with E-state index in [-0.39, 0.29) is 22.0 Å². The van der Waals surface area contributed by atoms with E-state index in [1.165, 1.54) is 25.1 Å². The monoisotopic (exact) mass is 385 g/mol. The van der Waals surface area contributed by atoms with Crippen molar-refractivity contribution in [2.75, 3.05) is 19.5 Å². The number of carbonyl (C=O) groups excluding carboxylic acids is 3. The molecule has 2 aromatic rings. The minimum Gasteiger partial charge on any atom is -0.465 e. The van der Waals surface area contributed by atoms with E-state index in [0.717, 1.165) is 11.3 Å². The van der Waals surface area contributed by atoms with Crippen molar-refractivity contribution in [3.05, 3.63) is 32.9 Å². The quantitative estimate of drug-likeness (QED) is 0.793. The van der Waals surface area contributed by atoms with E-state index < -0.39 is 17.8 Å². The third-order valence-corrected chi connectivity index (χ3v) is 4.91. The standard InChI is InChI=1S/C15H16ClN3O5S/c1-7-11(14(21)23-3)13(25-12(7)15(22)24-4)17-10(20)6-19-5-9(16)8(2)18-19/h5H,6H2,1-4H3,(H,17,20). The molecule has 0 aliphatic heterocycles. The minimum absolute atomic E-state index is 0.0985. The largest absolute Gasteiger partial charge is 0.465 e. The average Bonchev–Trinajstić information content (AvgIpc) is 3.05. The van der Waals surface area contributed by atoms with Crippen LogP contribution in [-0.4, -0.2) is 41.8 Å². The smallest absolute Gasteiger partial charge is 0.348 e. The lowest BCUT2D eigenvalue weighted by Gasteiger charge is -2.06. The van der Waals surface area contributed by atoms with Gasteiger partial charge in [-0.1, -0.05) is 11.6 Å². The Morgan fingerprint density at radius 3 is 2.40 bits per heavy atom. The van der Waals surface area contributed by atoms with Gasteiger partial charge in [0.15, 0.2) is 0 Å². The number of aryl methyl sites for hydroxylation is 1. The van der Waals surface area contributed by atoms with E-state index in [1.807, 2.05) is 0 Å². The maximum Gasteiger partial charge on any atom is 0.348 e. The molecule has 0 unspecified atom stereocenters. The fourth-order valence-electron chi connectivity index (χ4n) is 2.12. The molecule has 10 heteroatoms. The molecule has 2 heterocycles. The molecule has 25 heavy (non-hydrogen) atoms. The van der Waals surface area contributed by atoms with Crippen LogP contribution in [0.25, 0.3) is 0 Å². The van der Waals surface area contributed by atoms with Crippen LogP contribution in [0.5, 0.6) is 0 Å². The zero-order valence-corrected chi connectivity index (χ0v) is 15.6. The van der Waals surface area contributed by atoms with Gasteiger partial charge in [-0.05, 0) is 19.4 Å². The molecule has 0 bridgehead atoms. The van der Waals surface area contributed by atoms with Gasteiger partial charge in [0, 0.05) is 6.20 Å². The normalized spacial score (nSPS) is 10.4. The van der Waals surface area contributed by atoms with Crippen LogP contribution in [0, 0.1) is 13.8 Å². The number of amides is 1. The maximum absolute atomic E-state index is 12.2. The van der Waals surface area contributed by atoms with Crippen molar-refractivity contribution in [3.8, 4) is 0 Å². The first-order chi connectivity index (χ1) is 11.8. The fourth-order valence-corrected chi connectivity index (χ4v) is 3.40. The summed E-state index contributed by atoms with van der Waals surface area (Å²) in [6, 6.07) is 0. The molecule has 8 nitrogen and oxygen atoms in total. The Bertz CT molecular complexity index is 823. The topological polar surface area (TPSA) is 99.5 Å². The van der Waals surface area contributed by atoms with E-state index in [9.17, 15) is 14.4 Å². The Hall–Kier alpha value is -2.39. The second-order valence-corrected chi connectivity index (χ2v) is 6.48. The van der Waals surface area contributed by atoms with Crippen LogP contribution < -0.4 is 5.32 Å². The van der Waals surface area contributed by atoms with Gasteiger partial charge in [0.25, 0.3) is 0 Å². The second kappa shape index (κ2) is 7.66. The molecule has 0 aliphatic carbocycles. The van der Waals surface area contributed by atoms with Crippen molar-refractivity contribution in [2.45, 2.75) is 20.4 Å². The van der Waals surface area contributed by atoms with Crippen molar-refractivity contribution >= 4 is 45.8 Å². The lowest BCUT2D eigenvalue weighted by atomic mass is 10.1. The van der Waals surface area contributed by atoms with Crippen molar-refractivity contribution < 1.29 is 23.9 Å². The van der Waals surface area contributed by atoms with E-state index in [0.29, 0.717) is 16.3 Å². The Morgan fingerprint density at radius 1 is 1.24 bits per heavy atom. The summed E-state index contributed by atoms with van der Waals surface area (Å²) in [7, 11) is 2.46. The van der Waals surface area contributed by atoms with Gasteiger partial charge in [-0.25, -0.2) is 9.59 Å². The van der Waals surface area contributed by atoms with Gasteiger partial charge in [0.1, 0.15) is 16.4 Å². The third-order valence-electron chi connectivity index (χ3n) is 3.35. The second-order valence-electron chi connectivity index (χ2n) is 5.05. The van der Waals surface area contributed by atoms with Crippen LogP contribution in [0.15, 0.2) is 6.20 Å². The van der Waals surface area contributed by atoms with Crippen LogP contribution in [0.2, 0.25) is 5.02 Å². The van der Waals surface area contributed by atoms with Gasteiger partial charge in [0.05, 0.1) is 30.5 Å². The highest BCUT2D eigenvalue weighted by Gasteiger charge is 2.26. The molecule has 1 N–H and O–H groups in total. The summed E-state index contributed by atoms with van der Waals surface area (Å²) < 4.78 is 10.8. The molecule has 0 fully saturated rings. The lowest BCUT2D eigenvalue weighted by molar-refractivity contribution is -0.116. The van der Waals surface area contributed by atoms with E-state index in [4.69, 9.17) is 21.1 Å². The van der Waals surface area contributed by atoms with Crippen LogP contribution >= 0.6 is 22.9 Å². The zero-order chi connectivity index (χ0) is 18.7. The van der Waals surface area contributed by atoms with Crippen LogP contribution in [-0.2, 0) is 20.8 Å². The highest BCUT2D eigenvalue weighted by Crippen LogP contribution is 2.34. The molecule has 2 rings (SSSR count). The molecule has 1 amide bonds. The number of rotatable bonds is 5. The molecule has 0 atom stereocenters. The molecule has 0 spiro atoms. The Kier molecular flexibility index (Phi) is 5.81. The van der Waals surface area contributed by atoms with Gasteiger partial charge < -0.3 is 14.8 Å². The number of halogens is 1. The van der Waals surface area contributed by atoms with Gasteiger partial charge in [-0.15, -0.1) is 11.3 Å². The lowest BCUT2D eigenvalue weighted by Crippen LogP contribution is -2.20. The van der Waals surface area contributed by atoms with Crippen molar-refractivity contribution in [1.82, 2.24) is 9.78 Å². The van der Waals surface area contributed by atoms with Crippen LogP contribution in [0.1, 0.15) is 31.3 Å². The molecule has 134 valence electrons. The summed E-state index contributed by atoms with van der Waals surface area (Å²) in [5.41, 5.74) is 1.11. The third kappa shape index (κ3) is 3.99. The van der Waals surface area contributed by atoms with Gasteiger partial charge >= 0.3 is 11.9 Å². The molecule has 0 radical (unpaired) electrons. The molecule has 0 aliphatic rings.